The molecule has 1 amide bonds. The summed E-state index contributed by atoms with van der Waals surface area (Å²) < 4.78 is 0. The lowest BCUT2D eigenvalue weighted by molar-refractivity contribution is -0.120. The fourth-order valence-electron chi connectivity index (χ4n) is 3.56. The number of piperazine rings is 1. The van der Waals surface area contributed by atoms with Crippen molar-refractivity contribution in [1.29, 1.82) is 0 Å². The number of anilines is 1. The molecule has 1 aromatic rings. The first-order valence-electron chi connectivity index (χ1n) is 9.33. The molecule has 0 aliphatic carbocycles. The Labute approximate surface area is 156 Å². The number of rotatable bonds is 3. The van der Waals surface area contributed by atoms with Crippen LogP contribution < -0.4 is 15.5 Å². The Balaban J connectivity index is 1.58. The largest absolute Gasteiger partial charge is 0.360 e. The minimum atomic E-state index is 0.0888. The van der Waals surface area contributed by atoms with Crippen LogP contribution in [0, 0.1) is 5.41 Å². The first kappa shape index (κ1) is 18.5. The van der Waals surface area contributed by atoms with Gasteiger partial charge in [0.2, 0.25) is 5.91 Å². The molecule has 26 heavy (non-hydrogen) atoms. The zero-order valence-electron chi connectivity index (χ0n) is 16.6. The topological polar surface area (TPSA) is 60.0 Å². The van der Waals surface area contributed by atoms with Gasteiger partial charge in [-0.1, -0.05) is 26.0 Å². The number of likely N-dealkylation sites (tertiary alicyclic amines) is 1. The highest BCUT2D eigenvalue weighted by Crippen LogP contribution is 2.46. The van der Waals surface area contributed by atoms with Crippen molar-refractivity contribution in [3.8, 4) is 0 Å². The van der Waals surface area contributed by atoms with E-state index in [1.165, 1.54) is 5.56 Å². The number of carbonyl (C=O) groups excluding carboxylic acids is 1. The Morgan fingerprint density at radius 3 is 2.46 bits per heavy atom. The lowest BCUT2D eigenvalue weighted by Crippen LogP contribution is -2.72. The van der Waals surface area contributed by atoms with Crippen LogP contribution in [-0.4, -0.2) is 55.5 Å². The summed E-state index contributed by atoms with van der Waals surface area (Å²) >= 11 is 0. The van der Waals surface area contributed by atoms with Crippen LogP contribution in [-0.2, 0) is 11.3 Å². The van der Waals surface area contributed by atoms with E-state index in [0.29, 0.717) is 13.1 Å². The van der Waals surface area contributed by atoms with Gasteiger partial charge in [-0.2, -0.15) is 0 Å². The highest BCUT2D eigenvalue weighted by molar-refractivity contribution is 5.83. The van der Waals surface area contributed by atoms with Crippen molar-refractivity contribution in [3.05, 3.63) is 29.8 Å². The molecule has 142 valence electrons. The van der Waals surface area contributed by atoms with E-state index in [-0.39, 0.29) is 16.9 Å². The van der Waals surface area contributed by atoms with Crippen LogP contribution in [0.1, 0.15) is 33.3 Å². The molecule has 2 N–H and O–H groups in total. The standard InChI is InChI=1S/C20H31N5O/c1-19(2)14-25(20(19,3)4)18(21-5)23-12-15-6-8-16(9-7-15)24-11-10-22-17(26)13-24/h6-9H,10-14H2,1-5H3,(H,21,23)(H,22,26). The van der Waals surface area contributed by atoms with E-state index >= 15 is 0 Å². The van der Waals surface area contributed by atoms with Crippen molar-refractivity contribution in [1.82, 2.24) is 15.5 Å². The third-order valence-electron chi connectivity index (χ3n) is 6.14. The lowest BCUT2D eigenvalue weighted by atomic mass is 9.65. The first-order valence-corrected chi connectivity index (χ1v) is 9.33. The molecular weight excluding hydrogens is 326 g/mol. The van der Waals surface area contributed by atoms with Crippen molar-refractivity contribution >= 4 is 17.6 Å². The highest BCUT2D eigenvalue weighted by atomic mass is 16.2. The highest BCUT2D eigenvalue weighted by Gasteiger charge is 2.53. The van der Waals surface area contributed by atoms with E-state index in [1.54, 1.807) is 0 Å². The SMILES string of the molecule is CN=C(NCc1ccc(N2CCNC(=O)C2)cc1)N1CC(C)(C)C1(C)C. The van der Waals surface area contributed by atoms with E-state index in [4.69, 9.17) is 0 Å². The maximum absolute atomic E-state index is 11.5. The average Bonchev–Trinajstić information content (AvgIpc) is 2.61. The van der Waals surface area contributed by atoms with Crippen LogP contribution in [0.4, 0.5) is 5.69 Å². The molecule has 0 bridgehead atoms. The Morgan fingerprint density at radius 2 is 1.92 bits per heavy atom. The number of aliphatic imine (C=N–C) groups is 1. The number of guanidine groups is 1. The number of benzene rings is 1. The fourth-order valence-corrected chi connectivity index (χ4v) is 3.56. The van der Waals surface area contributed by atoms with Crippen molar-refractivity contribution in [3.63, 3.8) is 0 Å². The summed E-state index contributed by atoms with van der Waals surface area (Å²) in [6.45, 7) is 12.9. The van der Waals surface area contributed by atoms with Gasteiger partial charge < -0.3 is 20.4 Å². The van der Waals surface area contributed by atoms with Gasteiger partial charge in [0.05, 0.1) is 6.54 Å². The third kappa shape index (κ3) is 3.37. The van der Waals surface area contributed by atoms with E-state index in [1.807, 2.05) is 7.05 Å². The van der Waals surface area contributed by atoms with Crippen molar-refractivity contribution < 1.29 is 4.79 Å². The van der Waals surface area contributed by atoms with Crippen LogP contribution >= 0.6 is 0 Å². The van der Waals surface area contributed by atoms with Gasteiger partial charge in [-0.05, 0) is 31.5 Å². The monoisotopic (exact) mass is 357 g/mol. The first-order chi connectivity index (χ1) is 12.2. The van der Waals surface area contributed by atoms with Gasteiger partial charge >= 0.3 is 0 Å². The van der Waals surface area contributed by atoms with Gasteiger partial charge in [0.1, 0.15) is 0 Å². The molecule has 2 aliphatic rings. The zero-order chi connectivity index (χ0) is 18.9. The number of nitrogens with one attached hydrogen (secondary N) is 2. The van der Waals surface area contributed by atoms with Crippen LogP contribution in [0.25, 0.3) is 0 Å². The molecule has 0 atom stereocenters. The van der Waals surface area contributed by atoms with Gasteiger partial charge in [-0.25, -0.2) is 0 Å². The predicted octanol–water partition coefficient (Wildman–Crippen LogP) is 1.82. The third-order valence-corrected chi connectivity index (χ3v) is 6.14. The molecule has 0 spiro atoms. The Bertz CT molecular complexity index is 693. The smallest absolute Gasteiger partial charge is 0.239 e. The number of amides is 1. The van der Waals surface area contributed by atoms with Crippen molar-refractivity contribution in [2.75, 3.05) is 38.1 Å². The second-order valence-electron chi connectivity index (χ2n) is 8.37. The van der Waals surface area contributed by atoms with Crippen molar-refractivity contribution in [2.45, 2.75) is 39.8 Å². The maximum atomic E-state index is 11.5. The van der Waals surface area contributed by atoms with Crippen molar-refractivity contribution in [2.24, 2.45) is 10.4 Å². The van der Waals surface area contributed by atoms with Crippen LogP contribution in [0.3, 0.4) is 0 Å². The van der Waals surface area contributed by atoms with Gasteiger partial charge in [-0.3, -0.25) is 9.79 Å². The predicted molar refractivity (Wildman–Crippen MR) is 106 cm³/mol. The summed E-state index contributed by atoms with van der Waals surface area (Å²) in [4.78, 5) is 20.5. The molecule has 6 heteroatoms. The fraction of sp³-hybridized carbons (Fsp3) is 0.600. The molecule has 3 rings (SSSR count). The van der Waals surface area contributed by atoms with Gasteiger partial charge in [-0.15, -0.1) is 0 Å². The second kappa shape index (κ2) is 6.82. The summed E-state index contributed by atoms with van der Waals surface area (Å²) in [6.07, 6.45) is 0. The Morgan fingerprint density at radius 1 is 1.23 bits per heavy atom. The van der Waals surface area contributed by atoms with E-state index < -0.39 is 0 Å². The van der Waals surface area contributed by atoms with E-state index in [0.717, 1.165) is 31.3 Å². The minimum absolute atomic E-state index is 0.0888. The molecular formula is C20H31N5O. The summed E-state index contributed by atoms with van der Waals surface area (Å²) in [5, 5.41) is 6.34. The van der Waals surface area contributed by atoms with Crippen LogP contribution in [0.5, 0.6) is 0 Å². The molecule has 6 nitrogen and oxygen atoms in total. The zero-order valence-corrected chi connectivity index (χ0v) is 16.6. The van der Waals surface area contributed by atoms with Gasteiger partial charge in [0, 0.05) is 49.9 Å². The molecule has 0 radical (unpaired) electrons. The summed E-state index contributed by atoms with van der Waals surface area (Å²) in [5.41, 5.74) is 2.67. The molecule has 0 aromatic heterocycles. The maximum Gasteiger partial charge on any atom is 0.239 e. The molecule has 0 saturated carbocycles. The van der Waals surface area contributed by atoms with Crippen LogP contribution in [0.15, 0.2) is 29.3 Å². The number of hydrogen-bond donors (Lipinski definition) is 2. The number of carbonyl (C=O) groups is 1. The number of nitrogens with zero attached hydrogens (tertiary/aromatic N) is 3. The van der Waals surface area contributed by atoms with Crippen LogP contribution in [0.2, 0.25) is 0 Å². The summed E-state index contributed by atoms with van der Waals surface area (Å²) in [5.74, 6) is 1.04. The number of hydrogen-bond acceptors (Lipinski definition) is 3. The Hall–Kier alpha value is -2.24. The molecule has 2 heterocycles. The Kier molecular flexibility index (Phi) is 4.86. The summed E-state index contributed by atoms with van der Waals surface area (Å²) in [7, 11) is 1.84. The van der Waals surface area contributed by atoms with E-state index in [2.05, 4.69) is 77.4 Å². The average molecular weight is 358 g/mol. The normalized spacial score (nSPS) is 21.9. The van der Waals surface area contributed by atoms with Gasteiger partial charge in [0.25, 0.3) is 0 Å². The minimum Gasteiger partial charge on any atom is -0.360 e. The summed E-state index contributed by atoms with van der Waals surface area (Å²) in [6, 6.07) is 8.42. The lowest BCUT2D eigenvalue weighted by Gasteiger charge is -2.62. The molecule has 2 fully saturated rings. The molecule has 2 aliphatic heterocycles. The molecule has 1 aromatic carbocycles. The molecule has 2 saturated heterocycles. The quantitative estimate of drug-likeness (QED) is 0.640. The molecule has 0 unspecified atom stereocenters. The van der Waals surface area contributed by atoms with Gasteiger partial charge in [0.15, 0.2) is 5.96 Å². The van der Waals surface area contributed by atoms with E-state index in [9.17, 15) is 4.79 Å². The second-order valence-corrected chi connectivity index (χ2v) is 8.37.